The summed E-state index contributed by atoms with van der Waals surface area (Å²) in [4.78, 5) is 4.51. The zero-order valence-electron chi connectivity index (χ0n) is 13.5. The number of allylic oxidation sites excluding steroid dienone is 1. The van der Waals surface area contributed by atoms with Crippen molar-refractivity contribution < 1.29 is 9.84 Å². The van der Waals surface area contributed by atoms with Gasteiger partial charge >= 0.3 is 0 Å². The Morgan fingerprint density at radius 2 is 2.08 bits per heavy atom. The van der Waals surface area contributed by atoms with Crippen LogP contribution in [0.15, 0.2) is 41.8 Å². The second-order valence-electron chi connectivity index (χ2n) is 5.26. The summed E-state index contributed by atoms with van der Waals surface area (Å²) in [6, 6.07) is 12.2. The van der Waals surface area contributed by atoms with Crippen molar-refractivity contribution in [2.75, 3.05) is 7.11 Å². The fourth-order valence-corrected chi connectivity index (χ4v) is 3.61. The Bertz CT molecular complexity index is 1040. The van der Waals surface area contributed by atoms with Crippen LogP contribution in [0.1, 0.15) is 10.6 Å². The van der Waals surface area contributed by atoms with E-state index < -0.39 is 0 Å². The van der Waals surface area contributed by atoms with E-state index in [1.54, 1.807) is 36.4 Å². The van der Waals surface area contributed by atoms with Crippen LogP contribution in [-0.2, 0) is 0 Å². The van der Waals surface area contributed by atoms with Gasteiger partial charge in [0.15, 0.2) is 11.5 Å². The molecule has 0 amide bonds. The van der Waals surface area contributed by atoms with E-state index in [4.69, 9.17) is 27.9 Å². The van der Waals surface area contributed by atoms with Crippen molar-refractivity contribution in [3.8, 4) is 28.8 Å². The Balaban J connectivity index is 1.96. The lowest BCUT2D eigenvalue weighted by atomic mass is 10.1. The highest BCUT2D eigenvalue weighted by Crippen LogP contribution is 2.33. The normalized spacial score (nSPS) is 11.2. The number of methoxy groups -OCH3 is 1. The molecule has 1 heterocycles. The quantitative estimate of drug-likeness (QED) is 0.551. The molecule has 0 bridgehead atoms. The van der Waals surface area contributed by atoms with Crippen LogP contribution in [-0.4, -0.2) is 17.2 Å². The van der Waals surface area contributed by atoms with Gasteiger partial charge in [0, 0.05) is 16.0 Å². The van der Waals surface area contributed by atoms with Gasteiger partial charge in [-0.3, -0.25) is 0 Å². The third-order valence-corrected chi connectivity index (χ3v) is 5.00. The first-order valence-corrected chi connectivity index (χ1v) is 9.05. The fraction of sp³-hybridized carbons (Fsp3) is 0.0526. The molecule has 0 fully saturated rings. The molecule has 0 aliphatic rings. The minimum absolute atomic E-state index is 0.00585. The van der Waals surface area contributed by atoms with Crippen LogP contribution < -0.4 is 4.74 Å². The van der Waals surface area contributed by atoms with Crippen molar-refractivity contribution >= 4 is 46.2 Å². The van der Waals surface area contributed by atoms with Gasteiger partial charge < -0.3 is 9.84 Å². The monoisotopic (exact) mass is 402 g/mol. The molecule has 0 unspecified atom stereocenters. The number of halogens is 2. The largest absolute Gasteiger partial charge is 0.504 e. The van der Waals surface area contributed by atoms with Gasteiger partial charge in [-0.05, 0) is 42.0 Å². The van der Waals surface area contributed by atoms with Gasteiger partial charge in [0.05, 0.1) is 23.4 Å². The van der Waals surface area contributed by atoms with Crippen LogP contribution in [0.4, 0.5) is 0 Å². The van der Waals surface area contributed by atoms with Gasteiger partial charge in [-0.1, -0.05) is 29.3 Å². The third kappa shape index (κ3) is 3.83. The molecule has 4 nitrogen and oxygen atoms in total. The topological polar surface area (TPSA) is 66.1 Å². The number of hydrogen-bond acceptors (Lipinski definition) is 5. The number of aromatic nitrogens is 1. The van der Waals surface area contributed by atoms with Crippen LogP contribution in [0.3, 0.4) is 0 Å². The molecule has 0 radical (unpaired) electrons. The third-order valence-electron chi connectivity index (χ3n) is 3.58. The molecule has 0 aliphatic carbocycles. The summed E-state index contributed by atoms with van der Waals surface area (Å²) in [5.74, 6) is 0.376. The van der Waals surface area contributed by atoms with Crippen molar-refractivity contribution in [1.82, 2.24) is 4.98 Å². The summed E-state index contributed by atoms with van der Waals surface area (Å²) < 4.78 is 5.02. The SMILES string of the molecule is COc1ccc(C=C(C#N)c2nc(-c3ccc(Cl)cc3Cl)cs2)cc1O. The maximum Gasteiger partial charge on any atom is 0.160 e. The number of phenols is 1. The van der Waals surface area contributed by atoms with Gasteiger partial charge in [0.25, 0.3) is 0 Å². The highest BCUT2D eigenvalue weighted by Gasteiger charge is 2.12. The lowest BCUT2D eigenvalue weighted by Crippen LogP contribution is -1.86. The molecule has 2 aromatic carbocycles. The van der Waals surface area contributed by atoms with E-state index in [1.807, 2.05) is 5.38 Å². The van der Waals surface area contributed by atoms with Crippen LogP contribution in [0.5, 0.6) is 11.5 Å². The zero-order valence-corrected chi connectivity index (χ0v) is 15.9. The fourth-order valence-electron chi connectivity index (χ4n) is 2.32. The number of phenolic OH excluding ortho intramolecular Hbond substituents is 1. The number of rotatable bonds is 4. The first-order valence-electron chi connectivity index (χ1n) is 7.42. The molecular formula is C19H12Cl2N2O2S. The van der Waals surface area contributed by atoms with Crippen molar-refractivity contribution in [3.63, 3.8) is 0 Å². The van der Waals surface area contributed by atoms with Crippen LogP contribution in [0.25, 0.3) is 22.9 Å². The zero-order chi connectivity index (χ0) is 18.7. The Hall–Kier alpha value is -2.52. The average molecular weight is 403 g/mol. The lowest BCUT2D eigenvalue weighted by molar-refractivity contribution is 0.373. The van der Waals surface area contributed by atoms with E-state index >= 15 is 0 Å². The number of nitrogens with zero attached hydrogens (tertiary/aromatic N) is 2. The van der Waals surface area contributed by atoms with E-state index in [9.17, 15) is 10.4 Å². The Morgan fingerprint density at radius 3 is 2.73 bits per heavy atom. The molecule has 0 atom stereocenters. The van der Waals surface area contributed by atoms with E-state index in [0.717, 1.165) is 5.56 Å². The van der Waals surface area contributed by atoms with Gasteiger partial charge in [-0.25, -0.2) is 4.98 Å². The van der Waals surface area contributed by atoms with Crippen LogP contribution >= 0.6 is 34.5 Å². The predicted octanol–water partition coefficient (Wildman–Crippen LogP) is 5.90. The maximum atomic E-state index is 9.88. The summed E-state index contributed by atoms with van der Waals surface area (Å²) in [5.41, 5.74) is 2.47. The van der Waals surface area contributed by atoms with Crippen molar-refractivity contribution in [2.45, 2.75) is 0 Å². The molecule has 0 aliphatic heterocycles. The van der Waals surface area contributed by atoms with E-state index in [1.165, 1.54) is 24.5 Å². The summed E-state index contributed by atoms with van der Waals surface area (Å²) in [7, 11) is 1.48. The standard InChI is InChI=1S/C19H12Cl2N2O2S/c1-25-18-5-2-11(7-17(18)24)6-12(9-22)19-23-16(10-26-19)14-4-3-13(20)8-15(14)21/h2-8,10,24H,1H3. The molecule has 0 spiro atoms. The lowest BCUT2D eigenvalue weighted by Gasteiger charge is -2.03. The van der Waals surface area contributed by atoms with Gasteiger partial charge in [0.1, 0.15) is 11.1 Å². The van der Waals surface area contributed by atoms with E-state index in [-0.39, 0.29) is 5.75 Å². The second kappa shape index (κ2) is 7.79. The molecule has 1 N–H and O–H groups in total. The van der Waals surface area contributed by atoms with Gasteiger partial charge in [0.2, 0.25) is 0 Å². The highest BCUT2D eigenvalue weighted by molar-refractivity contribution is 7.11. The smallest absolute Gasteiger partial charge is 0.160 e. The number of aromatic hydroxyl groups is 1. The summed E-state index contributed by atoms with van der Waals surface area (Å²) in [6.07, 6.45) is 1.66. The van der Waals surface area contributed by atoms with Crippen molar-refractivity contribution in [3.05, 3.63) is 62.4 Å². The number of ether oxygens (including phenoxy) is 1. The molecule has 7 heteroatoms. The minimum Gasteiger partial charge on any atom is -0.504 e. The Morgan fingerprint density at radius 1 is 1.27 bits per heavy atom. The Labute approximate surface area is 164 Å². The van der Waals surface area contributed by atoms with Crippen LogP contribution in [0, 0.1) is 11.3 Å². The first-order chi connectivity index (χ1) is 12.5. The molecule has 1 aromatic heterocycles. The van der Waals surface area contributed by atoms with Crippen LogP contribution in [0.2, 0.25) is 10.0 Å². The molecule has 3 aromatic rings. The molecule has 130 valence electrons. The second-order valence-corrected chi connectivity index (χ2v) is 6.96. The molecular weight excluding hydrogens is 391 g/mol. The number of nitriles is 1. The summed E-state index contributed by atoms with van der Waals surface area (Å²) in [6.45, 7) is 0. The number of hydrogen-bond donors (Lipinski definition) is 1. The summed E-state index contributed by atoms with van der Waals surface area (Å²) >= 11 is 13.5. The predicted molar refractivity (Wildman–Crippen MR) is 106 cm³/mol. The Kier molecular flexibility index (Phi) is 5.48. The minimum atomic E-state index is 0.00585. The summed E-state index contributed by atoms with van der Waals surface area (Å²) in [5, 5.41) is 22.8. The highest BCUT2D eigenvalue weighted by atomic mass is 35.5. The van der Waals surface area contributed by atoms with Crippen molar-refractivity contribution in [2.24, 2.45) is 0 Å². The first kappa shape index (κ1) is 18.3. The molecule has 3 rings (SSSR count). The van der Waals surface area contributed by atoms with Crippen molar-refractivity contribution in [1.29, 1.82) is 5.26 Å². The van der Waals surface area contributed by atoms with E-state index in [2.05, 4.69) is 11.1 Å². The molecule has 0 saturated carbocycles. The number of thiazole rings is 1. The molecule has 26 heavy (non-hydrogen) atoms. The van der Waals surface area contributed by atoms with Gasteiger partial charge in [-0.2, -0.15) is 5.26 Å². The average Bonchev–Trinajstić information content (AvgIpc) is 3.09. The van der Waals surface area contributed by atoms with E-state index in [0.29, 0.717) is 37.6 Å². The molecule has 0 saturated heterocycles. The number of benzene rings is 2. The van der Waals surface area contributed by atoms with Gasteiger partial charge in [-0.15, -0.1) is 11.3 Å². The maximum absolute atomic E-state index is 9.88.